The van der Waals surface area contributed by atoms with Gasteiger partial charge in [-0.15, -0.1) is 11.8 Å². The normalized spacial score (nSPS) is 13.5. The summed E-state index contributed by atoms with van der Waals surface area (Å²) in [6.07, 6.45) is 0. The molecular formula is C15H13NOS. The molecule has 0 saturated heterocycles. The second-order valence-corrected chi connectivity index (χ2v) is 5.26. The van der Waals surface area contributed by atoms with E-state index < -0.39 is 0 Å². The first-order chi connectivity index (χ1) is 8.77. The van der Waals surface area contributed by atoms with Crippen LogP contribution in [-0.2, 0) is 10.5 Å². The Balaban J connectivity index is 2.24. The minimum Gasteiger partial charge on any atom is -0.280 e. The Kier molecular flexibility index (Phi) is 2.84. The van der Waals surface area contributed by atoms with Crippen molar-refractivity contribution in [2.75, 3.05) is 4.90 Å². The zero-order valence-electron chi connectivity index (χ0n) is 10.1. The number of hydrogen-bond donors (Lipinski definition) is 0. The minimum atomic E-state index is 0.0531. The van der Waals surface area contributed by atoms with Gasteiger partial charge in [-0.3, -0.25) is 9.69 Å². The highest BCUT2D eigenvalue weighted by molar-refractivity contribution is 7.98. The quantitative estimate of drug-likeness (QED) is 0.709. The molecule has 0 unspecified atom stereocenters. The molecule has 1 heterocycles. The van der Waals surface area contributed by atoms with Crippen LogP contribution in [0.2, 0.25) is 0 Å². The highest BCUT2D eigenvalue weighted by atomic mass is 32.2. The van der Waals surface area contributed by atoms with Crippen molar-refractivity contribution in [2.45, 2.75) is 17.6 Å². The molecule has 3 rings (SSSR count). The van der Waals surface area contributed by atoms with Gasteiger partial charge in [-0.2, -0.15) is 0 Å². The molecule has 0 aromatic heterocycles. The van der Waals surface area contributed by atoms with Crippen molar-refractivity contribution >= 4 is 29.0 Å². The first-order valence-corrected chi connectivity index (χ1v) is 6.86. The summed E-state index contributed by atoms with van der Waals surface area (Å²) in [5.74, 6) is 0.953. The van der Waals surface area contributed by atoms with E-state index >= 15 is 0 Å². The van der Waals surface area contributed by atoms with E-state index in [9.17, 15) is 4.79 Å². The number of rotatable bonds is 0. The van der Waals surface area contributed by atoms with Crippen LogP contribution < -0.4 is 4.90 Å². The van der Waals surface area contributed by atoms with E-state index in [4.69, 9.17) is 0 Å². The molecule has 0 atom stereocenters. The Morgan fingerprint density at radius 3 is 2.50 bits per heavy atom. The van der Waals surface area contributed by atoms with E-state index in [2.05, 4.69) is 12.1 Å². The number of fused-ring (bicyclic) bond motifs is 2. The van der Waals surface area contributed by atoms with Crippen molar-refractivity contribution in [1.82, 2.24) is 0 Å². The molecule has 0 saturated carbocycles. The third kappa shape index (κ3) is 1.81. The maximum absolute atomic E-state index is 12.0. The van der Waals surface area contributed by atoms with Gasteiger partial charge in [0.2, 0.25) is 5.91 Å². The van der Waals surface area contributed by atoms with Crippen LogP contribution in [-0.4, -0.2) is 5.91 Å². The topological polar surface area (TPSA) is 20.3 Å². The average molecular weight is 255 g/mol. The van der Waals surface area contributed by atoms with Gasteiger partial charge in [0, 0.05) is 17.6 Å². The predicted octanol–water partition coefficient (Wildman–Crippen LogP) is 3.98. The fraction of sp³-hybridized carbons (Fsp3) is 0.133. The van der Waals surface area contributed by atoms with Gasteiger partial charge in [-0.1, -0.05) is 30.3 Å². The Morgan fingerprint density at radius 2 is 1.72 bits per heavy atom. The molecule has 2 nitrogen and oxygen atoms in total. The molecule has 0 bridgehead atoms. The van der Waals surface area contributed by atoms with Crippen LogP contribution in [0, 0.1) is 0 Å². The van der Waals surface area contributed by atoms with E-state index in [0.29, 0.717) is 0 Å². The number of carbonyl (C=O) groups is 1. The lowest BCUT2D eigenvalue weighted by Gasteiger charge is -2.22. The fourth-order valence-corrected chi connectivity index (χ4v) is 3.28. The molecule has 18 heavy (non-hydrogen) atoms. The molecule has 0 spiro atoms. The van der Waals surface area contributed by atoms with Crippen molar-refractivity contribution in [3.63, 3.8) is 0 Å². The maximum Gasteiger partial charge on any atom is 0.228 e. The fourth-order valence-electron chi connectivity index (χ4n) is 2.24. The zero-order chi connectivity index (χ0) is 12.5. The molecule has 1 aliphatic rings. The van der Waals surface area contributed by atoms with Crippen LogP contribution in [0.4, 0.5) is 11.4 Å². The highest BCUT2D eigenvalue weighted by Crippen LogP contribution is 2.42. The monoisotopic (exact) mass is 255 g/mol. The summed E-state index contributed by atoms with van der Waals surface area (Å²) in [5.41, 5.74) is 3.19. The number of nitrogens with zero attached hydrogens (tertiary/aromatic N) is 1. The molecular weight excluding hydrogens is 242 g/mol. The van der Waals surface area contributed by atoms with Crippen LogP contribution in [0.3, 0.4) is 0 Å². The standard InChI is InChI=1S/C15H13NOS/c1-11(17)16-13-7-3-2-6-12(13)10-18-15-9-5-4-8-14(15)16/h2-9H,10H2,1H3. The highest BCUT2D eigenvalue weighted by Gasteiger charge is 2.23. The van der Waals surface area contributed by atoms with Crippen molar-refractivity contribution in [3.8, 4) is 0 Å². The van der Waals surface area contributed by atoms with Crippen LogP contribution in [0.15, 0.2) is 53.4 Å². The lowest BCUT2D eigenvalue weighted by atomic mass is 10.1. The maximum atomic E-state index is 12.0. The summed E-state index contributed by atoms with van der Waals surface area (Å²) < 4.78 is 0. The van der Waals surface area contributed by atoms with Crippen molar-refractivity contribution in [3.05, 3.63) is 54.1 Å². The van der Waals surface area contributed by atoms with E-state index in [-0.39, 0.29) is 5.91 Å². The van der Waals surface area contributed by atoms with Crippen LogP contribution in [0.5, 0.6) is 0 Å². The first-order valence-electron chi connectivity index (χ1n) is 5.88. The minimum absolute atomic E-state index is 0.0531. The summed E-state index contributed by atoms with van der Waals surface area (Å²) in [5, 5.41) is 0. The molecule has 0 fully saturated rings. The molecule has 1 amide bonds. The van der Waals surface area contributed by atoms with Crippen LogP contribution in [0.1, 0.15) is 12.5 Å². The van der Waals surface area contributed by atoms with Gasteiger partial charge in [0.25, 0.3) is 0 Å². The molecule has 1 aliphatic heterocycles. The van der Waals surface area contributed by atoms with Crippen molar-refractivity contribution in [2.24, 2.45) is 0 Å². The molecule has 0 N–H and O–H groups in total. The molecule has 90 valence electrons. The van der Waals surface area contributed by atoms with Crippen LogP contribution in [0.25, 0.3) is 0 Å². The summed E-state index contributed by atoms with van der Waals surface area (Å²) in [7, 11) is 0. The van der Waals surface area contributed by atoms with E-state index in [1.807, 2.05) is 41.3 Å². The SMILES string of the molecule is CC(=O)N1c2ccccc2CSc2ccccc21. The van der Waals surface area contributed by atoms with E-state index in [1.54, 1.807) is 18.7 Å². The Morgan fingerprint density at radius 1 is 1.06 bits per heavy atom. The van der Waals surface area contributed by atoms with Gasteiger partial charge in [-0.05, 0) is 23.8 Å². The van der Waals surface area contributed by atoms with Gasteiger partial charge in [0.1, 0.15) is 0 Å². The Hall–Kier alpha value is -1.74. The number of anilines is 2. The summed E-state index contributed by atoms with van der Waals surface area (Å²) in [6.45, 7) is 1.61. The number of thioether (sulfide) groups is 1. The number of amides is 1. The molecule has 2 aromatic rings. The number of para-hydroxylation sites is 2. The Labute approximate surface area is 111 Å². The number of carbonyl (C=O) groups excluding carboxylic acids is 1. The number of hydrogen-bond acceptors (Lipinski definition) is 2. The van der Waals surface area contributed by atoms with Crippen molar-refractivity contribution in [1.29, 1.82) is 0 Å². The smallest absolute Gasteiger partial charge is 0.228 e. The molecule has 0 radical (unpaired) electrons. The predicted molar refractivity (Wildman–Crippen MR) is 75.3 cm³/mol. The second-order valence-electron chi connectivity index (χ2n) is 4.24. The molecule has 3 heteroatoms. The first kappa shape index (κ1) is 11.4. The summed E-state index contributed by atoms with van der Waals surface area (Å²) in [6, 6.07) is 16.2. The summed E-state index contributed by atoms with van der Waals surface area (Å²) in [4.78, 5) is 15.0. The second kappa shape index (κ2) is 4.50. The largest absolute Gasteiger partial charge is 0.280 e. The van der Waals surface area contributed by atoms with Gasteiger partial charge in [0.15, 0.2) is 0 Å². The third-order valence-corrected chi connectivity index (χ3v) is 4.15. The average Bonchev–Trinajstić information content (AvgIpc) is 2.55. The zero-order valence-corrected chi connectivity index (χ0v) is 10.9. The lowest BCUT2D eigenvalue weighted by molar-refractivity contribution is -0.115. The van der Waals surface area contributed by atoms with Gasteiger partial charge < -0.3 is 0 Å². The molecule has 0 aliphatic carbocycles. The van der Waals surface area contributed by atoms with E-state index in [1.165, 1.54) is 5.56 Å². The lowest BCUT2D eigenvalue weighted by Crippen LogP contribution is -2.23. The van der Waals surface area contributed by atoms with Gasteiger partial charge in [0.05, 0.1) is 11.4 Å². The van der Waals surface area contributed by atoms with E-state index in [0.717, 1.165) is 22.0 Å². The van der Waals surface area contributed by atoms with Gasteiger partial charge in [-0.25, -0.2) is 0 Å². The molecule has 2 aromatic carbocycles. The number of benzene rings is 2. The Bertz CT molecular complexity index is 561. The third-order valence-electron chi connectivity index (χ3n) is 3.04. The van der Waals surface area contributed by atoms with Crippen LogP contribution >= 0.6 is 11.8 Å². The summed E-state index contributed by atoms with van der Waals surface area (Å²) >= 11 is 1.78. The van der Waals surface area contributed by atoms with Gasteiger partial charge >= 0.3 is 0 Å². The van der Waals surface area contributed by atoms with Crippen molar-refractivity contribution < 1.29 is 4.79 Å².